The Morgan fingerprint density at radius 3 is 3.08 bits per heavy atom. The van der Waals surface area contributed by atoms with Gasteiger partial charge in [0.15, 0.2) is 0 Å². The van der Waals surface area contributed by atoms with Crippen LogP contribution >= 0.6 is 0 Å². The van der Waals surface area contributed by atoms with E-state index < -0.39 is 0 Å². The zero-order chi connectivity index (χ0) is 8.65. The third kappa shape index (κ3) is 4.04. The normalized spacial score (nSPS) is 24.2. The van der Waals surface area contributed by atoms with Crippen molar-refractivity contribution in [3.8, 4) is 0 Å². The van der Waals surface area contributed by atoms with E-state index in [0.717, 1.165) is 39.2 Å². The van der Waals surface area contributed by atoms with Gasteiger partial charge in [0.2, 0.25) is 0 Å². The summed E-state index contributed by atoms with van der Waals surface area (Å²) in [6.07, 6.45) is 2.78. The molecule has 0 aromatic rings. The minimum Gasteiger partial charge on any atom is -0.376 e. The Hall–Kier alpha value is -0.120. The maximum Gasteiger partial charge on any atom is 0.0712 e. The van der Waals surface area contributed by atoms with Gasteiger partial charge >= 0.3 is 0 Å². The molecule has 0 amide bonds. The summed E-state index contributed by atoms with van der Waals surface area (Å²) in [5, 5.41) is 6.70. The minimum atomic E-state index is 0.433. The summed E-state index contributed by atoms with van der Waals surface area (Å²) in [6.45, 7) is 7.30. The largest absolute Gasteiger partial charge is 0.376 e. The highest BCUT2D eigenvalue weighted by Gasteiger charge is 2.11. The van der Waals surface area contributed by atoms with E-state index in [-0.39, 0.29) is 0 Å². The molecule has 1 rings (SSSR count). The standard InChI is InChI=1S/C9H20N2O/c1-2-4-10-5-3-9-8-11-6-7-12-9/h9-11H,2-8H2,1H3. The van der Waals surface area contributed by atoms with Crippen molar-refractivity contribution in [3.05, 3.63) is 0 Å². The lowest BCUT2D eigenvalue weighted by Crippen LogP contribution is -2.39. The summed E-state index contributed by atoms with van der Waals surface area (Å²) in [6, 6.07) is 0. The highest BCUT2D eigenvalue weighted by Crippen LogP contribution is 1.99. The van der Waals surface area contributed by atoms with E-state index in [0.29, 0.717) is 6.10 Å². The Labute approximate surface area is 74.9 Å². The molecule has 1 aliphatic rings. The molecule has 1 atom stereocenters. The van der Waals surface area contributed by atoms with Gasteiger partial charge < -0.3 is 15.4 Å². The van der Waals surface area contributed by atoms with Crippen LogP contribution in [0.5, 0.6) is 0 Å². The van der Waals surface area contributed by atoms with Gasteiger partial charge in [0.1, 0.15) is 0 Å². The molecule has 1 fully saturated rings. The molecule has 1 aliphatic heterocycles. The molecule has 3 nitrogen and oxygen atoms in total. The van der Waals surface area contributed by atoms with Crippen LogP contribution in [-0.4, -0.2) is 38.9 Å². The van der Waals surface area contributed by atoms with Crippen molar-refractivity contribution < 1.29 is 4.74 Å². The first-order chi connectivity index (χ1) is 5.93. The highest BCUT2D eigenvalue weighted by atomic mass is 16.5. The van der Waals surface area contributed by atoms with Crippen LogP contribution in [0.2, 0.25) is 0 Å². The molecule has 0 radical (unpaired) electrons. The quantitative estimate of drug-likeness (QED) is 0.588. The van der Waals surface area contributed by atoms with E-state index in [9.17, 15) is 0 Å². The van der Waals surface area contributed by atoms with Crippen LogP contribution < -0.4 is 10.6 Å². The minimum absolute atomic E-state index is 0.433. The molecule has 0 saturated carbocycles. The first-order valence-electron chi connectivity index (χ1n) is 4.96. The SMILES string of the molecule is CCCNCCC1CNCCO1. The molecule has 1 saturated heterocycles. The molecule has 1 heterocycles. The van der Waals surface area contributed by atoms with Gasteiger partial charge in [-0.1, -0.05) is 6.92 Å². The predicted molar refractivity (Wildman–Crippen MR) is 50.4 cm³/mol. The van der Waals surface area contributed by atoms with E-state index in [1.807, 2.05) is 0 Å². The van der Waals surface area contributed by atoms with Crippen LogP contribution in [0.4, 0.5) is 0 Å². The zero-order valence-electron chi connectivity index (χ0n) is 7.94. The Morgan fingerprint density at radius 2 is 2.42 bits per heavy atom. The fourth-order valence-corrected chi connectivity index (χ4v) is 1.37. The second-order valence-electron chi connectivity index (χ2n) is 3.24. The maximum absolute atomic E-state index is 5.56. The molecule has 0 bridgehead atoms. The molecular weight excluding hydrogens is 152 g/mol. The molecule has 0 aromatic heterocycles. The smallest absolute Gasteiger partial charge is 0.0712 e. The van der Waals surface area contributed by atoms with Crippen LogP contribution in [0.15, 0.2) is 0 Å². The molecule has 3 heteroatoms. The van der Waals surface area contributed by atoms with Gasteiger partial charge in [0, 0.05) is 13.1 Å². The highest BCUT2D eigenvalue weighted by molar-refractivity contribution is 4.67. The van der Waals surface area contributed by atoms with Crippen LogP contribution in [0.25, 0.3) is 0 Å². The van der Waals surface area contributed by atoms with Gasteiger partial charge in [-0.2, -0.15) is 0 Å². The topological polar surface area (TPSA) is 33.3 Å². The average Bonchev–Trinajstić information content (AvgIpc) is 2.14. The van der Waals surface area contributed by atoms with Gasteiger partial charge in [-0.3, -0.25) is 0 Å². The second kappa shape index (κ2) is 6.40. The second-order valence-corrected chi connectivity index (χ2v) is 3.24. The van der Waals surface area contributed by atoms with Crippen LogP contribution in [0.3, 0.4) is 0 Å². The molecule has 0 aromatic carbocycles. The van der Waals surface area contributed by atoms with Gasteiger partial charge in [0.25, 0.3) is 0 Å². The van der Waals surface area contributed by atoms with Gasteiger partial charge in [0.05, 0.1) is 12.7 Å². The van der Waals surface area contributed by atoms with E-state index in [1.165, 1.54) is 6.42 Å². The molecule has 12 heavy (non-hydrogen) atoms. The van der Waals surface area contributed by atoms with Crippen molar-refractivity contribution in [1.82, 2.24) is 10.6 Å². The summed E-state index contributed by atoms with van der Waals surface area (Å²) in [7, 11) is 0. The zero-order valence-corrected chi connectivity index (χ0v) is 7.94. The summed E-state index contributed by atoms with van der Waals surface area (Å²) < 4.78 is 5.56. The van der Waals surface area contributed by atoms with Crippen molar-refractivity contribution in [2.75, 3.05) is 32.8 Å². The van der Waals surface area contributed by atoms with E-state index in [2.05, 4.69) is 17.6 Å². The molecule has 2 N–H and O–H groups in total. The van der Waals surface area contributed by atoms with Gasteiger partial charge in [-0.15, -0.1) is 0 Å². The lowest BCUT2D eigenvalue weighted by molar-refractivity contribution is 0.0239. The van der Waals surface area contributed by atoms with Crippen molar-refractivity contribution in [3.63, 3.8) is 0 Å². The Morgan fingerprint density at radius 1 is 1.50 bits per heavy atom. The first kappa shape index (κ1) is 9.96. The van der Waals surface area contributed by atoms with Crippen molar-refractivity contribution in [1.29, 1.82) is 0 Å². The number of hydrogen-bond acceptors (Lipinski definition) is 3. The fourth-order valence-electron chi connectivity index (χ4n) is 1.37. The van der Waals surface area contributed by atoms with Crippen LogP contribution in [0, 0.1) is 0 Å². The van der Waals surface area contributed by atoms with Gasteiger partial charge in [-0.25, -0.2) is 0 Å². The average molecular weight is 172 g/mol. The summed E-state index contributed by atoms with van der Waals surface area (Å²) in [4.78, 5) is 0. The lowest BCUT2D eigenvalue weighted by atomic mass is 10.2. The van der Waals surface area contributed by atoms with Crippen molar-refractivity contribution >= 4 is 0 Å². The van der Waals surface area contributed by atoms with Crippen LogP contribution in [0.1, 0.15) is 19.8 Å². The Balaban J connectivity index is 1.91. The summed E-state index contributed by atoms with van der Waals surface area (Å²) >= 11 is 0. The molecule has 1 unspecified atom stereocenters. The summed E-state index contributed by atoms with van der Waals surface area (Å²) in [5.74, 6) is 0. The number of nitrogens with one attached hydrogen (secondary N) is 2. The summed E-state index contributed by atoms with van der Waals surface area (Å²) in [5.41, 5.74) is 0. The molecule has 0 spiro atoms. The van der Waals surface area contributed by atoms with E-state index in [1.54, 1.807) is 0 Å². The Bertz CT molecular complexity index is 103. The lowest BCUT2D eigenvalue weighted by Gasteiger charge is -2.23. The molecular formula is C9H20N2O. The number of rotatable bonds is 5. The fraction of sp³-hybridized carbons (Fsp3) is 1.00. The number of hydrogen-bond donors (Lipinski definition) is 2. The number of morpholine rings is 1. The maximum atomic E-state index is 5.56. The van der Waals surface area contributed by atoms with Gasteiger partial charge in [-0.05, 0) is 25.9 Å². The van der Waals surface area contributed by atoms with Crippen LogP contribution in [-0.2, 0) is 4.74 Å². The van der Waals surface area contributed by atoms with E-state index >= 15 is 0 Å². The Kier molecular flexibility index (Phi) is 5.32. The molecule has 0 aliphatic carbocycles. The molecule has 72 valence electrons. The van der Waals surface area contributed by atoms with E-state index in [4.69, 9.17) is 4.74 Å². The van der Waals surface area contributed by atoms with Crippen molar-refractivity contribution in [2.45, 2.75) is 25.9 Å². The van der Waals surface area contributed by atoms with Crippen molar-refractivity contribution in [2.24, 2.45) is 0 Å². The third-order valence-electron chi connectivity index (χ3n) is 2.07. The third-order valence-corrected chi connectivity index (χ3v) is 2.07. The monoisotopic (exact) mass is 172 g/mol. The predicted octanol–water partition coefficient (Wildman–Crippen LogP) is 0.365. The number of ether oxygens (including phenoxy) is 1. The first-order valence-corrected chi connectivity index (χ1v) is 4.96.